The molecule has 2 atom stereocenters. The number of halogens is 2. The van der Waals surface area contributed by atoms with Crippen LogP contribution in [0.3, 0.4) is 0 Å². The zero-order valence-corrected chi connectivity index (χ0v) is 21.7. The number of hydrogen-bond acceptors (Lipinski definition) is 4. The zero-order valence-electron chi connectivity index (χ0n) is 20.2. The van der Waals surface area contributed by atoms with Crippen LogP contribution < -0.4 is 5.32 Å². The van der Waals surface area contributed by atoms with Gasteiger partial charge < -0.3 is 14.8 Å². The van der Waals surface area contributed by atoms with Gasteiger partial charge in [0.2, 0.25) is 0 Å². The predicted molar refractivity (Wildman–Crippen MR) is 140 cm³/mol. The Bertz CT molecular complexity index is 1460. The van der Waals surface area contributed by atoms with E-state index in [0.29, 0.717) is 52.0 Å². The van der Waals surface area contributed by atoms with Crippen molar-refractivity contribution in [3.8, 4) is 0 Å². The van der Waals surface area contributed by atoms with Crippen LogP contribution in [0.5, 0.6) is 0 Å². The summed E-state index contributed by atoms with van der Waals surface area (Å²) in [5.74, 6) is -0.457. The van der Waals surface area contributed by atoms with E-state index in [1.165, 1.54) is 4.68 Å². The van der Waals surface area contributed by atoms with E-state index in [1.807, 2.05) is 52.9 Å². The number of amides is 2. The van der Waals surface area contributed by atoms with Crippen molar-refractivity contribution >= 4 is 46.0 Å². The van der Waals surface area contributed by atoms with Crippen molar-refractivity contribution in [3.05, 3.63) is 81.4 Å². The van der Waals surface area contributed by atoms with Crippen LogP contribution in [0.2, 0.25) is 10.2 Å². The first-order valence-corrected chi connectivity index (χ1v) is 12.4. The molecule has 1 saturated heterocycles. The monoisotopic (exact) mass is 524 g/mol. The van der Waals surface area contributed by atoms with Crippen LogP contribution in [-0.4, -0.2) is 55.2 Å². The number of carbonyl (C=O) groups is 2. The Morgan fingerprint density at radius 2 is 1.86 bits per heavy atom. The number of likely N-dealkylation sites (tertiary alicyclic amines) is 1. The Morgan fingerprint density at radius 3 is 2.56 bits per heavy atom. The maximum Gasteiger partial charge on any atom is 0.256 e. The fraction of sp³-hybridized carbons (Fsp3) is 0.308. The summed E-state index contributed by atoms with van der Waals surface area (Å²) in [5.41, 5.74) is 3.99. The number of benzene rings is 2. The van der Waals surface area contributed by atoms with E-state index in [1.54, 1.807) is 26.4 Å². The number of piperidine rings is 1. The highest BCUT2D eigenvalue weighted by Gasteiger charge is 2.35. The third kappa shape index (κ3) is 4.35. The smallest absolute Gasteiger partial charge is 0.256 e. The van der Waals surface area contributed by atoms with Crippen molar-refractivity contribution in [2.75, 3.05) is 13.1 Å². The summed E-state index contributed by atoms with van der Waals surface area (Å²) >= 11 is 12.8. The first-order chi connectivity index (χ1) is 17.2. The van der Waals surface area contributed by atoms with E-state index >= 15 is 0 Å². The largest absolute Gasteiger partial charge is 0.348 e. The first-order valence-electron chi connectivity index (χ1n) is 11.7. The van der Waals surface area contributed by atoms with Gasteiger partial charge in [0, 0.05) is 44.7 Å². The third-order valence-electron chi connectivity index (χ3n) is 6.85. The molecule has 1 fully saturated rings. The number of aromatic nitrogens is 4. The minimum atomic E-state index is -0.259. The minimum Gasteiger partial charge on any atom is -0.348 e. The molecule has 1 N–H and O–H groups in total. The molecule has 10 heteroatoms. The van der Waals surface area contributed by atoms with Crippen molar-refractivity contribution < 1.29 is 9.59 Å². The molecule has 0 radical (unpaired) electrons. The van der Waals surface area contributed by atoms with E-state index in [4.69, 9.17) is 23.2 Å². The average molecular weight is 525 g/mol. The van der Waals surface area contributed by atoms with E-state index < -0.39 is 0 Å². The molecule has 1 aliphatic heterocycles. The summed E-state index contributed by atoms with van der Waals surface area (Å²) in [6, 6.07) is 13.3. The highest BCUT2D eigenvalue weighted by molar-refractivity contribution is 6.35. The maximum atomic E-state index is 13.6. The quantitative estimate of drug-likeness (QED) is 0.430. The van der Waals surface area contributed by atoms with Crippen molar-refractivity contribution in [1.82, 2.24) is 29.5 Å². The number of nitrogens with zero attached hydrogens (tertiary/aromatic N) is 5. The maximum absolute atomic E-state index is 13.6. The molecule has 36 heavy (non-hydrogen) atoms. The van der Waals surface area contributed by atoms with Gasteiger partial charge in [0.1, 0.15) is 10.7 Å². The molecular formula is C26H26Cl2N6O2. The molecule has 3 heterocycles. The summed E-state index contributed by atoms with van der Waals surface area (Å²) < 4.78 is 3.34. The Labute approximate surface area is 218 Å². The molecule has 5 rings (SSSR count). The molecule has 2 aromatic carbocycles. The van der Waals surface area contributed by atoms with Crippen LogP contribution in [0, 0.1) is 6.92 Å². The van der Waals surface area contributed by atoms with Crippen LogP contribution in [0.4, 0.5) is 0 Å². The number of imidazole rings is 1. The molecule has 0 spiro atoms. The Morgan fingerprint density at radius 1 is 1.11 bits per heavy atom. The fourth-order valence-electron chi connectivity index (χ4n) is 4.97. The molecular weight excluding hydrogens is 499 g/mol. The number of fused-ring (bicyclic) bond motifs is 1. The molecule has 0 unspecified atom stereocenters. The Kier molecular flexibility index (Phi) is 6.49. The van der Waals surface area contributed by atoms with Crippen LogP contribution in [0.1, 0.15) is 44.3 Å². The second-order valence-corrected chi connectivity index (χ2v) is 9.96. The molecule has 0 aliphatic carbocycles. The molecule has 8 nitrogen and oxygen atoms in total. The van der Waals surface area contributed by atoms with Crippen LogP contribution >= 0.6 is 23.2 Å². The number of rotatable bonds is 4. The lowest BCUT2D eigenvalue weighted by atomic mass is 9.85. The standard InChI is InChI=1S/C26H26Cl2N6O2/c1-15-22(24(28)33(3)31-15)25(35)30-20-9-10-34(13-18(20)16-7-5-4-6-8-16)26(36)17-11-19(27)23-21(12-17)32(2)14-29-23/h4-8,11-12,14,18,20H,9-10,13H2,1-3H3,(H,30,35)/t18-,20-/m1/s1. The fourth-order valence-corrected chi connectivity index (χ4v) is 5.49. The van der Waals surface area contributed by atoms with Crippen LogP contribution in [0.25, 0.3) is 11.0 Å². The molecule has 4 aromatic rings. The zero-order chi connectivity index (χ0) is 25.6. The van der Waals surface area contributed by atoms with Crippen LogP contribution in [0.15, 0.2) is 48.8 Å². The van der Waals surface area contributed by atoms with Gasteiger partial charge >= 0.3 is 0 Å². The van der Waals surface area contributed by atoms with E-state index in [2.05, 4.69) is 15.4 Å². The number of hydrogen-bond donors (Lipinski definition) is 1. The van der Waals surface area contributed by atoms with E-state index in [0.717, 1.165) is 11.1 Å². The highest BCUT2D eigenvalue weighted by atomic mass is 35.5. The molecule has 186 valence electrons. The summed E-state index contributed by atoms with van der Waals surface area (Å²) in [7, 11) is 3.58. The molecule has 1 aliphatic rings. The highest BCUT2D eigenvalue weighted by Crippen LogP contribution is 2.31. The SMILES string of the molecule is Cc1nn(C)c(Cl)c1C(=O)N[C@@H]1CCN(C(=O)c2cc(Cl)c3ncn(C)c3c2)C[C@@H]1c1ccccc1. The average Bonchev–Trinajstić information content (AvgIpc) is 3.37. The van der Waals surface area contributed by atoms with Gasteiger partial charge in [0.25, 0.3) is 11.8 Å². The van der Waals surface area contributed by atoms with Crippen molar-refractivity contribution in [3.63, 3.8) is 0 Å². The lowest BCUT2D eigenvalue weighted by Crippen LogP contribution is -2.51. The van der Waals surface area contributed by atoms with Crippen LogP contribution in [-0.2, 0) is 14.1 Å². The van der Waals surface area contributed by atoms with E-state index in [9.17, 15) is 9.59 Å². The van der Waals surface area contributed by atoms with Gasteiger partial charge in [-0.1, -0.05) is 53.5 Å². The van der Waals surface area contributed by atoms with E-state index in [-0.39, 0.29) is 23.8 Å². The molecule has 2 amide bonds. The van der Waals surface area contributed by atoms with Gasteiger partial charge in [-0.25, -0.2) is 4.98 Å². The number of nitrogens with one attached hydrogen (secondary N) is 1. The van der Waals surface area contributed by atoms with Gasteiger partial charge in [0.15, 0.2) is 0 Å². The second-order valence-electron chi connectivity index (χ2n) is 9.19. The molecule has 0 saturated carbocycles. The van der Waals surface area contributed by atoms with Crippen molar-refractivity contribution in [1.29, 1.82) is 0 Å². The van der Waals surface area contributed by atoms with Gasteiger partial charge in [-0.3, -0.25) is 14.3 Å². The topological polar surface area (TPSA) is 85.1 Å². The lowest BCUT2D eigenvalue weighted by molar-refractivity contribution is 0.0671. The summed E-state index contributed by atoms with van der Waals surface area (Å²) in [5, 5.41) is 8.17. The second kappa shape index (κ2) is 9.59. The molecule has 0 bridgehead atoms. The summed E-state index contributed by atoms with van der Waals surface area (Å²) in [6.07, 6.45) is 2.27. The Balaban J connectivity index is 1.42. The normalized spacial score (nSPS) is 18.0. The number of aryl methyl sites for hydroxylation is 3. The number of carbonyl (C=O) groups excluding carboxylic acids is 2. The van der Waals surface area contributed by atoms with Crippen molar-refractivity contribution in [2.24, 2.45) is 14.1 Å². The molecule has 2 aromatic heterocycles. The predicted octanol–water partition coefficient (Wildman–Crippen LogP) is 4.35. The third-order valence-corrected chi connectivity index (χ3v) is 7.58. The van der Waals surface area contributed by atoms with Gasteiger partial charge in [-0.2, -0.15) is 5.10 Å². The summed E-state index contributed by atoms with van der Waals surface area (Å²) in [4.78, 5) is 32.9. The lowest BCUT2D eigenvalue weighted by Gasteiger charge is -2.39. The van der Waals surface area contributed by atoms with Gasteiger partial charge in [-0.05, 0) is 31.0 Å². The van der Waals surface area contributed by atoms with Gasteiger partial charge in [-0.15, -0.1) is 0 Å². The first kappa shape index (κ1) is 24.3. The summed E-state index contributed by atoms with van der Waals surface area (Å²) in [6.45, 7) is 2.71. The minimum absolute atomic E-state index is 0.0977. The Hall–Kier alpha value is -3.36. The van der Waals surface area contributed by atoms with Gasteiger partial charge in [0.05, 0.1) is 28.1 Å². The van der Waals surface area contributed by atoms with Crippen molar-refractivity contribution in [2.45, 2.75) is 25.3 Å².